The lowest BCUT2D eigenvalue weighted by atomic mass is 10.1. The molecule has 0 saturated carbocycles. The summed E-state index contributed by atoms with van der Waals surface area (Å²) in [4.78, 5) is 62.7. The Morgan fingerprint density at radius 3 is 2.46 bits per heavy atom. The highest BCUT2D eigenvalue weighted by Crippen LogP contribution is 2.21. The summed E-state index contributed by atoms with van der Waals surface area (Å²) in [6.07, 6.45) is 2.35. The number of carboxylic acids is 1. The number of guanidine groups is 1. The number of carbonyl (C=O) groups is 4. The Hall–Kier alpha value is -4.43. The van der Waals surface area contributed by atoms with E-state index in [4.69, 9.17) is 17.2 Å². The maximum atomic E-state index is 12.6. The standard InChI is InChI=1S/C16H26N6O5.C6H6N2O2/c17-16(18)19-7-1-3-10(15(26)27)21-13(24)11-4-2-8-22(11)14(25)9-5-6-12(23)20-9;7-5-1-3-6(4-2-5)8(9)10/h9-11H,1-8H2,(H,20,23)(H,21,24)(H,26,27)(H4,17,18,19);1-4H,7H2/t9-,10?,11-;/m0./s1. The number of hydrogen-bond donors (Lipinski definition) is 6. The van der Waals surface area contributed by atoms with E-state index in [0.29, 0.717) is 37.9 Å². The van der Waals surface area contributed by atoms with Gasteiger partial charge in [-0.3, -0.25) is 29.5 Å². The largest absolute Gasteiger partial charge is 0.480 e. The first kappa shape index (κ1) is 28.8. The van der Waals surface area contributed by atoms with Gasteiger partial charge >= 0.3 is 5.97 Å². The monoisotopic (exact) mass is 520 g/mol. The smallest absolute Gasteiger partial charge is 0.326 e. The molecule has 2 saturated heterocycles. The van der Waals surface area contributed by atoms with Crippen LogP contribution in [0.2, 0.25) is 0 Å². The highest BCUT2D eigenvalue weighted by molar-refractivity contribution is 5.95. The second kappa shape index (κ2) is 13.6. The van der Waals surface area contributed by atoms with Crippen LogP contribution in [0.25, 0.3) is 0 Å². The number of nitro benzene ring substituents is 1. The van der Waals surface area contributed by atoms with E-state index >= 15 is 0 Å². The molecule has 3 rings (SSSR count). The number of carboxylic acid groups (broad SMARTS) is 1. The fourth-order valence-electron chi connectivity index (χ4n) is 3.93. The first-order valence-electron chi connectivity index (χ1n) is 11.7. The first-order chi connectivity index (χ1) is 17.5. The molecule has 9 N–H and O–H groups in total. The van der Waals surface area contributed by atoms with E-state index in [1.807, 2.05) is 0 Å². The Kier molecular flexibility index (Phi) is 10.6. The van der Waals surface area contributed by atoms with Crippen molar-refractivity contribution in [3.05, 3.63) is 34.4 Å². The number of nitrogens with zero attached hydrogens (tertiary/aromatic N) is 3. The predicted octanol–water partition coefficient (Wildman–Crippen LogP) is -0.944. The number of nitrogens with one attached hydrogen (secondary N) is 2. The second-order valence-corrected chi connectivity index (χ2v) is 8.55. The Bertz CT molecular complexity index is 1030. The summed E-state index contributed by atoms with van der Waals surface area (Å²) < 4.78 is 0. The molecule has 0 aromatic heterocycles. The van der Waals surface area contributed by atoms with Crippen LogP contribution < -0.4 is 27.8 Å². The second-order valence-electron chi connectivity index (χ2n) is 8.55. The SMILES string of the molecule is NC(N)=NCCCC(NC(=O)[C@@H]1CCCN1C(=O)[C@@H]1CCC(=O)N1)C(=O)O.Nc1ccc([N+](=O)[O-])cc1. The van der Waals surface area contributed by atoms with Crippen LogP contribution in [0, 0.1) is 10.1 Å². The predicted molar refractivity (Wildman–Crippen MR) is 133 cm³/mol. The quantitative estimate of drug-likeness (QED) is 0.0581. The highest BCUT2D eigenvalue weighted by Gasteiger charge is 2.40. The van der Waals surface area contributed by atoms with Gasteiger partial charge in [0.1, 0.15) is 18.1 Å². The molecular weight excluding hydrogens is 488 g/mol. The van der Waals surface area contributed by atoms with Crippen LogP contribution in [-0.2, 0) is 19.2 Å². The zero-order valence-electron chi connectivity index (χ0n) is 20.2. The summed E-state index contributed by atoms with van der Waals surface area (Å²) in [5, 5.41) is 24.5. The molecule has 2 aliphatic rings. The number of benzene rings is 1. The fraction of sp³-hybridized carbons (Fsp3) is 0.500. The topological polar surface area (TPSA) is 249 Å². The summed E-state index contributed by atoms with van der Waals surface area (Å²) in [7, 11) is 0. The van der Waals surface area contributed by atoms with E-state index in [-0.39, 0.29) is 42.8 Å². The Balaban J connectivity index is 0.000000402. The van der Waals surface area contributed by atoms with Crippen molar-refractivity contribution in [1.82, 2.24) is 15.5 Å². The molecule has 1 unspecified atom stereocenters. The van der Waals surface area contributed by atoms with Gasteiger partial charge < -0.3 is 37.8 Å². The Morgan fingerprint density at radius 2 is 1.92 bits per heavy atom. The zero-order chi connectivity index (χ0) is 27.5. The number of aliphatic imine (C=N–C) groups is 1. The van der Waals surface area contributed by atoms with E-state index < -0.39 is 34.9 Å². The molecule has 37 heavy (non-hydrogen) atoms. The molecule has 2 aliphatic heterocycles. The molecule has 202 valence electrons. The van der Waals surface area contributed by atoms with Gasteiger partial charge in [0.05, 0.1) is 4.92 Å². The van der Waals surface area contributed by atoms with Gasteiger partial charge in [-0.2, -0.15) is 0 Å². The van der Waals surface area contributed by atoms with Crippen LogP contribution in [0.4, 0.5) is 11.4 Å². The molecule has 3 amide bonds. The third kappa shape index (κ3) is 8.94. The molecule has 3 atom stereocenters. The lowest BCUT2D eigenvalue weighted by Gasteiger charge is -2.27. The third-order valence-electron chi connectivity index (χ3n) is 5.80. The molecule has 0 aliphatic carbocycles. The van der Waals surface area contributed by atoms with E-state index in [2.05, 4.69) is 15.6 Å². The van der Waals surface area contributed by atoms with Crippen molar-refractivity contribution in [2.24, 2.45) is 16.5 Å². The lowest BCUT2D eigenvalue weighted by Crippen LogP contribution is -2.54. The summed E-state index contributed by atoms with van der Waals surface area (Å²) in [6, 6.07) is 3.31. The Morgan fingerprint density at radius 1 is 1.24 bits per heavy atom. The van der Waals surface area contributed by atoms with Gasteiger partial charge in [0, 0.05) is 37.3 Å². The fourth-order valence-corrected chi connectivity index (χ4v) is 3.93. The van der Waals surface area contributed by atoms with Gasteiger partial charge in [0.2, 0.25) is 17.7 Å². The van der Waals surface area contributed by atoms with Gasteiger partial charge in [-0.1, -0.05) is 0 Å². The number of aliphatic carboxylic acids is 1. The van der Waals surface area contributed by atoms with Gasteiger partial charge in [-0.15, -0.1) is 0 Å². The lowest BCUT2D eigenvalue weighted by molar-refractivity contribution is -0.384. The number of carbonyl (C=O) groups excluding carboxylic acids is 3. The van der Waals surface area contributed by atoms with Crippen molar-refractivity contribution >= 4 is 41.0 Å². The molecule has 15 nitrogen and oxygen atoms in total. The minimum absolute atomic E-state index is 0.0641. The normalized spacial score (nSPS) is 19.1. The number of nitrogen functional groups attached to an aromatic ring is 1. The maximum absolute atomic E-state index is 12.6. The van der Waals surface area contributed by atoms with Gasteiger partial charge in [-0.25, -0.2) is 4.79 Å². The molecule has 2 fully saturated rings. The molecule has 0 radical (unpaired) electrons. The molecular formula is C22H32N8O7. The number of hydrogen-bond acceptors (Lipinski definition) is 8. The molecule has 0 spiro atoms. The number of rotatable bonds is 9. The number of non-ortho nitro benzene ring substituents is 1. The van der Waals surface area contributed by atoms with Crippen LogP contribution in [0.5, 0.6) is 0 Å². The van der Waals surface area contributed by atoms with Crippen LogP contribution in [0.1, 0.15) is 38.5 Å². The van der Waals surface area contributed by atoms with E-state index in [0.717, 1.165) is 0 Å². The number of nitrogens with two attached hydrogens (primary N) is 3. The maximum Gasteiger partial charge on any atom is 0.326 e. The summed E-state index contributed by atoms with van der Waals surface area (Å²) in [5.41, 5.74) is 16.3. The molecule has 2 heterocycles. The van der Waals surface area contributed by atoms with Gasteiger partial charge in [0.15, 0.2) is 5.96 Å². The number of nitro groups is 1. The number of likely N-dealkylation sites (tertiary alicyclic amines) is 1. The van der Waals surface area contributed by atoms with Gasteiger partial charge in [-0.05, 0) is 44.2 Å². The van der Waals surface area contributed by atoms with Crippen molar-refractivity contribution < 1.29 is 29.2 Å². The van der Waals surface area contributed by atoms with Crippen LogP contribution >= 0.6 is 0 Å². The minimum atomic E-state index is -1.16. The van der Waals surface area contributed by atoms with Crippen LogP contribution in [0.15, 0.2) is 29.3 Å². The average molecular weight is 521 g/mol. The minimum Gasteiger partial charge on any atom is -0.480 e. The van der Waals surface area contributed by atoms with Crippen LogP contribution in [0.3, 0.4) is 0 Å². The van der Waals surface area contributed by atoms with Crippen molar-refractivity contribution in [1.29, 1.82) is 0 Å². The number of anilines is 1. The van der Waals surface area contributed by atoms with Crippen molar-refractivity contribution in [3.63, 3.8) is 0 Å². The summed E-state index contributed by atoms with van der Waals surface area (Å²) >= 11 is 0. The number of amides is 3. The van der Waals surface area contributed by atoms with E-state index in [9.17, 15) is 34.4 Å². The molecule has 1 aromatic carbocycles. The van der Waals surface area contributed by atoms with Crippen molar-refractivity contribution in [2.45, 2.75) is 56.7 Å². The third-order valence-corrected chi connectivity index (χ3v) is 5.80. The molecule has 15 heteroatoms. The van der Waals surface area contributed by atoms with E-state index in [1.54, 1.807) is 0 Å². The van der Waals surface area contributed by atoms with Crippen LogP contribution in [-0.4, -0.2) is 75.8 Å². The molecule has 1 aromatic rings. The Labute approximate surface area is 212 Å². The highest BCUT2D eigenvalue weighted by atomic mass is 16.6. The van der Waals surface area contributed by atoms with Crippen molar-refractivity contribution in [3.8, 4) is 0 Å². The average Bonchev–Trinajstić information content (AvgIpc) is 3.50. The zero-order valence-corrected chi connectivity index (χ0v) is 20.2. The molecule has 0 bridgehead atoms. The summed E-state index contributed by atoms with van der Waals surface area (Å²) in [6.45, 7) is 0.670. The first-order valence-corrected chi connectivity index (χ1v) is 11.7. The van der Waals surface area contributed by atoms with E-state index in [1.165, 1.54) is 29.2 Å². The summed E-state index contributed by atoms with van der Waals surface area (Å²) in [5.74, 6) is -2.21. The van der Waals surface area contributed by atoms with Crippen molar-refractivity contribution in [2.75, 3.05) is 18.8 Å². The van der Waals surface area contributed by atoms with Gasteiger partial charge in [0.25, 0.3) is 5.69 Å².